The van der Waals surface area contributed by atoms with Crippen molar-refractivity contribution in [3.8, 4) is 0 Å². The van der Waals surface area contributed by atoms with Crippen molar-refractivity contribution in [2.45, 2.75) is 6.92 Å². The van der Waals surface area contributed by atoms with Gasteiger partial charge in [-0.05, 0) is 79.7 Å². The SMILES string of the molecule is CC(=O)c1ccc(NC(=O)c2ccc(NC3=C(Cl)C(=O)N(c4ccc(Cl)cc4)C3=O)cc2)cc1. The molecule has 170 valence electrons. The summed E-state index contributed by atoms with van der Waals surface area (Å²) in [4.78, 5) is 50.2. The van der Waals surface area contributed by atoms with E-state index in [1.807, 2.05) is 0 Å². The number of halogens is 2. The minimum absolute atomic E-state index is 0.0603. The molecule has 0 fully saturated rings. The number of benzene rings is 3. The number of anilines is 3. The molecule has 3 aromatic carbocycles. The molecule has 1 aliphatic rings. The van der Waals surface area contributed by atoms with Crippen molar-refractivity contribution in [2.24, 2.45) is 0 Å². The Morgan fingerprint density at radius 1 is 0.735 bits per heavy atom. The minimum atomic E-state index is -0.650. The second kappa shape index (κ2) is 9.51. The second-order valence-corrected chi connectivity index (χ2v) is 8.22. The summed E-state index contributed by atoms with van der Waals surface area (Å²) < 4.78 is 0. The minimum Gasteiger partial charge on any atom is -0.350 e. The van der Waals surface area contributed by atoms with Gasteiger partial charge in [0.05, 0.1) is 5.69 Å². The molecule has 1 aliphatic heterocycles. The lowest BCUT2D eigenvalue weighted by Crippen LogP contribution is -2.32. The van der Waals surface area contributed by atoms with E-state index in [9.17, 15) is 19.2 Å². The highest BCUT2D eigenvalue weighted by molar-refractivity contribution is 6.53. The first-order valence-electron chi connectivity index (χ1n) is 10.1. The molecule has 7 nitrogen and oxygen atoms in total. The number of nitrogens with zero attached hydrogens (tertiary/aromatic N) is 1. The van der Waals surface area contributed by atoms with Crippen molar-refractivity contribution in [3.05, 3.63) is 99.7 Å². The van der Waals surface area contributed by atoms with Crippen LogP contribution in [-0.2, 0) is 9.59 Å². The standard InChI is InChI=1S/C25H17Cl2N3O4/c1-14(31)15-2-8-19(9-3-15)29-23(32)16-4-10-18(11-5-16)28-22-21(27)24(33)30(25(22)34)20-12-6-17(26)7-13-20/h2-13,28H,1H3,(H,29,32). The third-order valence-corrected chi connectivity index (χ3v) is 5.68. The number of ketones is 1. The summed E-state index contributed by atoms with van der Waals surface area (Å²) in [7, 11) is 0. The summed E-state index contributed by atoms with van der Waals surface area (Å²) in [5.74, 6) is -1.66. The third kappa shape index (κ3) is 4.71. The number of hydrogen-bond donors (Lipinski definition) is 2. The number of imide groups is 1. The molecular formula is C25H17Cl2N3O4. The molecule has 3 amide bonds. The van der Waals surface area contributed by atoms with Crippen LogP contribution >= 0.6 is 23.2 Å². The molecule has 0 aliphatic carbocycles. The van der Waals surface area contributed by atoms with Gasteiger partial charge in [-0.3, -0.25) is 19.2 Å². The molecule has 4 rings (SSSR count). The van der Waals surface area contributed by atoms with Gasteiger partial charge in [-0.25, -0.2) is 4.90 Å². The van der Waals surface area contributed by atoms with E-state index < -0.39 is 11.8 Å². The molecule has 0 spiro atoms. The van der Waals surface area contributed by atoms with E-state index in [4.69, 9.17) is 23.2 Å². The number of rotatable bonds is 6. The van der Waals surface area contributed by atoms with E-state index in [0.717, 1.165) is 4.90 Å². The highest BCUT2D eigenvalue weighted by atomic mass is 35.5. The van der Waals surface area contributed by atoms with Gasteiger partial charge in [0.25, 0.3) is 17.7 Å². The van der Waals surface area contributed by atoms with Gasteiger partial charge in [-0.1, -0.05) is 23.2 Å². The van der Waals surface area contributed by atoms with E-state index in [1.54, 1.807) is 72.8 Å². The van der Waals surface area contributed by atoms with Crippen molar-refractivity contribution in [2.75, 3.05) is 15.5 Å². The Kier molecular flexibility index (Phi) is 6.49. The molecule has 0 saturated carbocycles. The molecule has 9 heteroatoms. The average Bonchev–Trinajstić information content (AvgIpc) is 3.03. The van der Waals surface area contributed by atoms with Gasteiger partial charge in [-0.2, -0.15) is 0 Å². The average molecular weight is 494 g/mol. The number of hydrogen-bond acceptors (Lipinski definition) is 5. The number of carbonyl (C=O) groups is 4. The molecule has 1 heterocycles. The smallest absolute Gasteiger partial charge is 0.283 e. The zero-order chi connectivity index (χ0) is 24.4. The molecule has 0 bridgehead atoms. The van der Waals surface area contributed by atoms with Gasteiger partial charge < -0.3 is 10.6 Å². The summed E-state index contributed by atoms with van der Waals surface area (Å²) >= 11 is 12.0. The molecule has 0 unspecified atom stereocenters. The lowest BCUT2D eigenvalue weighted by Gasteiger charge is -2.15. The van der Waals surface area contributed by atoms with Gasteiger partial charge in [0.2, 0.25) is 0 Å². The highest BCUT2D eigenvalue weighted by Crippen LogP contribution is 2.30. The number of nitrogens with one attached hydrogen (secondary N) is 2. The van der Waals surface area contributed by atoms with Crippen LogP contribution in [0.4, 0.5) is 17.1 Å². The maximum atomic E-state index is 12.8. The van der Waals surface area contributed by atoms with Crippen molar-refractivity contribution < 1.29 is 19.2 Å². The topological polar surface area (TPSA) is 95.6 Å². The Hall–Kier alpha value is -3.94. The van der Waals surface area contributed by atoms with Crippen LogP contribution in [0.15, 0.2) is 83.5 Å². The van der Waals surface area contributed by atoms with Crippen LogP contribution in [0.2, 0.25) is 5.02 Å². The predicted molar refractivity (Wildman–Crippen MR) is 131 cm³/mol. The predicted octanol–water partition coefficient (Wildman–Crippen LogP) is 5.23. The summed E-state index contributed by atoms with van der Waals surface area (Å²) in [5.41, 5.74) is 2.22. The quantitative estimate of drug-likeness (QED) is 0.362. The van der Waals surface area contributed by atoms with E-state index in [0.29, 0.717) is 33.2 Å². The lowest BCUT2D eigenvalue weighted by atomic mass is 10.1. The Balaban J connectivity index is 1.45. The van der Waals surface area contributed by atoms with Crippen LogP contribution in [0.5, 0.6) is 0 Å². The Labute approximate surface area is 205 Å². The summed E-state index contributed by atoms with van der Waals surface area (Å²) in [6, 6.07) is 19.1. The highest BCUT2D eigenvalue weighted by Gasteiger charge is 2.38. The fraction of sp³-hybridized carbons (Fsp3) is 0.0400. The number of carbonyl (C=O) groups excluding carboxylic acids is 4. The van der Waals surface area contributed by atoms with Gasteiger partial charge in [0, 0.05) is 27.5 Å². The monoisotopic (exact) mass is 493 g/mol. The van der Waals surface area contributed by atoms with Crippen molar-refractivity contribution in [1.29, 1.82) is 0 Å². The maximum absolute atomic E-state index is 12.8. The summed E-state index contributed by atoms with van der Waals surface area (Å²) in [5, 5.41) is 5.84. The van der Waals surface area contributed by atoms with Gasteiger partial charge >= 0.3 is 0 Å². The summed E-state index contributed by atoms with van der Waals surface area (Å²) in [6.45, 7) is 1.47. The molecular weight excluding hydrogens is 477 g/mol. The van der Waals surface area contributed by atoms with Crippen molar-refractivity contribution >= 4 is 63.8 Å². The molecule has 34 heavy (non-hydrogen) atoms. The van der Waals surface area contributed by atoms with E-state index in [2.05, 4.69) is 10.6 Å². The zero-order valence-corrected chi connectivity index (χ0v) is 19.3. The molecule has 0 aromatic heterocycles. The van der Waals surface area contributed by atoms with Crippen LogP contribution < -0.4 is 15.5 Å². The Bertz CT molecular complexity index is 1330. The molecule has 0 atom stereocenters. The van der Waals surface area contributed by atoms with Crippen LogP contribution in [0.25, 0.3) is 0 Å². The molecule has 0 saturated heterocycles. The van der Waals surface area contributed by atoms with Gasteiger partial charge in [0.15, 0.2) is 5.78 Å². The zero-order valence-electron chi connectivity index (χ0n) is 17.8. The molecule has 0 radical (unpaired) electrons. The van der Waals surface area contributed by atoms with Gasteiger partial charge in [-0.15, -0.1) is 0 Å². The Morgan fingerprint density at radius 3 is 1.88 bits per heavy atom. The normalized spacial score (nSPS) is 13.3. The molecule has 2 N–H and O–H groups in total. The van der Waals surface area contributed by atoms with Gasteiger partial charge in [0.1, 0.15) is 10.7 Å². The van der Waals surface area contributed by atoms with E-state index in [-0.39, 0.29) is 22.4 Å². The lowest BCUT2D eigenvalue weighted by molar-refractivity contribution is -0.120. The van der Waals surface area contributed by atoms with Crippen LogP contribution in [0.3, 0.4) is 0 Å². The van der Waals surface area contributed by atoms with Crippen molar-refractivity contribution in [3.63, 3.8) is 0 Å². The number of Topliss-reactive ketones (excluding diaryl/α,β-unsaturated/α-hetero) is 1. The first kappa shape index (κ1) is 23.2. The van der Waals surface area contributed by atoms with E-state index in [1.165, 1.54) is 6.92 Å². The van der Waals surface area contributed by atoms with E-state index >= 15 is 0 Å². The first-order chi connectivity index (χ1) is 16.2. The van der Waals surface area contributed by atoms with Crippen LogP contribution in [0, 0.1) is 0 Å². The number of amides is 3. The third-order valence-electron chi connectivity index (χ3n) is 5.08. The maximum Gasteiger partial charge on any atom is 0.283 e. The fourth-order valence-corrected chi connectivity index (χ4v) is 3.62. The largest absolute Gasteiger partial charge is 0.350 e. The fourth-order valence-electron chi connectivity index (χ4n) is 3.28. The van der Waals surface area contributed by atoms with Crippen LogP contribution in [-0.4, -0.2) is 23.5 Å². The van der Waals surface area contributed by atoms with Crippen molar-refractivity contribution in [1.82, 2.24) is 0 Å². The second-order valence-electron chi connectivity index (χ2n) is 7.40. The molecule has 3 aromatic rings. The first-order valence-corrected chi connectivity index (χ1v) is 10.8. The van der Waals surface area contributed by atoms with Crippen LogP contribution in [0.1, 0.15) is 27.6 Å². The Morgan fingerprint density at radius 2 is 1.29 bits per heavy atom. The summed E-state index contributed by atoms with van der Waals surface area (Å²) in [6.07, 6.45) is 0.